The van der Waals surface area contributed by atoms with Crippen molar-refractivity contribution in [2.75, 3.05) is 32.2 Å². The minimum Gasteiger partial charge on any atom is -0.491 e. The number of ketones is 1. The van der Waals surface area contributed by atoms with Crippen molar-refractivity contribution in [3.8, 4) is 5.75 Å². The molecule has 0 unspecified atom stereocenters. The van der Waals surface area contributed by atoms with E-state index in [-0.39, 0.29) is 36.7 Å². The molecule has 186 valence electrons. The van der Waals surface area contributed by atoms with Crippen LogP contribution in [0.2, 0.25) is 0 Å². The van der Waals surface area contributed by atoms with E-state index in [1.165, 1.54) is 31.4 Å². The lowest BCUT2D eigenvalue weighted by molar-refractivity contribution is -0.139. The SMILES string of the molecule is COCC1=CC(=O)CC=C1c1ccc(CC(=O)Nc2ccc(OCCO)c(C(F)(F)F)c2)c(F)c1. The number of benzene rings is 2. The number of nitrogens with one attached hydrogen (secondary N) is 1. The van der Waals surface area contributed by atoms with E-state index in [1.54, 1.807) is 12.1 Å². The summed E-state index contributed by atoms with van der Waals surface area (Å²) in [6.07, 6.45) is -1.84. The fourth-order valence-electron chi connectivity index (χ4n) is 3.59. The molecule has 0 spiro atoms. The fraction of sp³-hybridized carbons (Fsp3) is 0.280. The number of rotatable bonds is 9. The molecule has 0 heterocycles. The number of amides is 1. The molecule has 2 aromatic rings. The molecular formula is C25H23F4NO5. The predicted octanol–water partition coefficient (Wildman–Crippen LogP) is 4.33. The Kier molecular flexibility index (Phi) is 8.42. The summed E-state index contributed by atoms with van der Waals surface area (Å²) >= 11 is 0. The van der Waals surface area contributed by atoms with Gasteiger partial charge in [-0.1, -0.05) is 18.2 Å². The Morgan fingerprint density at radius 2 is 1.94 bits per heavy atom. The third-order valence-corrected chi connectivity index (χ3v) is 5.12. The zero-order chi connectivity index (χ0) is 25.6. The van der Waals surface area contributed by atoms with Crippen LogP contribution in [0.15, 0.2) is 54.1 Å². The maximum Gasteiger partial charge on any atom is 0.420 e. The van der Waals surface area contributed by atoms with Gasteiger partial charge in [-0.25, -0.2) is 4.39 Å². The number of aliphatic hydroxyl groups excluding tert-OH is 1. The second-order valence-corrected chi connectivity index (χ2v) is 7.70. The summed E-state index contributed by atoms with van der Waals surface area (Å²) in [4.78, 5) is 24.1. The number of ether oxygens (including phenoxy) is 2. The topological polar surface area (TPSA) is 84.9 Å². The first-order valence-electron chi connectivity index (χ1n) is 10.6. The molecule has 0 saturated heterocycles. The van der Waals surface area contributed by atoms with Gasteiger partial charge in [0.25, 0.3) is 0 Å². The highest BCUT2D eigenvalue weighted by Gasteiger charge is 2.35. The second kappa shape index (κ2) is 11.3. The molecule has 0 atom stereocenters. The fourth-order valence-corrected chi connectivity index (χ4v) is 3.59. The highest BCUT2D eigenvalue weighted by molar-refractivity contribution is 6.00. The number of anilines is 1. The molecule has 0 aromatic heterocycles. The molecule has 6 nitrogen and oxygen atoms in total. The first kappa shape index (κ1) is 26.1. The van der Waals surface area contributed by atoms with Gasteiger partial charge in [0.15, 0.2) is 5.78 Å². The lowest BCUT2D eigenvalue weighted by Gasteiger charge is -2.17. The molecule has 0 radical (unpaired) electrons. The molecule has 0 bridgehead atoms. The van der Waals surface area contributed by atoms with Crippen molar-refractivity contribution in [3.63, 3.8) is 0 Å². The number of carbonyl (C=O) groups is 2. The normalized spacial score (nSPS) is 13.8. The molecule has 1 amide bonds. The van der Waals surface area contributed by atoms with Crippen LogP contribution < -0.4 is 10.1 Å². The molecular weight excluding hydrogens is 470 g/mol. The van der Waals surface area contributed by atoms with E-state index in [9.17, 15) is 27.2 Å². The van der Waals surface area contributed by atoms with Crippen molar-refractivity contribution < 1.29 is 41.7 Å². The van der Waals surface area contributed by atoms with Crippen LogP contribution in [0.5, 0.6) is 5.75 Å². The van der Waals surface area contributed by atoms with Gasteiger partial charge in [0, 0.05) is 19.2 Å². The highest BCUT2D eigenvalue weighted by Crippen LogP contribution is 2.38. The van der Waals surface area contributed by atoms with Crippen molar-refractivity contribution in [2.45, 2.75) is 19.0 Å². The molecule has 1 aliphatic rings. The molecule has 0 saturated carbocycles. The third kappa shape index (κ3) is 6.77. The highest BCUT2D eigenvalue weighted by atomic mass is 19.4. The Morgan fingerprint density at radius 3 is 2.60 bits per heavy atom. The lowest BCUT2D eigenvalue weighted by Crippen LogP contribution is -2.17. The minimum absolute atomic E-state index is 0.0509. The minimum atomic E-state index is -4.75. The van der Waals surface area contributed by atoms with E-state index < -0.39 is 42.2 Å². The van der Waals surface area contributed by atoms with E-state index in [4.69, 9.17) is 14.6 Å². The van der Waals surface area contributed by atoms with Crippen LogP contribution in [0.1, 0.15) is 23.1 Å². The molecule has 2 aromatic carbocycles. The zero-order valence-electron chi connectivity index (χ0n) is 18.7. The smallest absolute Gasteiger partial charge is 0.420 e. The van der Waals surface area contributed by atoms with E-state index in [0.29, 0.717) is 22.8 Å². The quantitative estimate of drug-likeness (QED) is 0.508. The van der Waals surface area contributed by atoms with Crippen LogP contribution in [0.4, 0.5) is 23.2 Å². The summed E-state index contributed by atoms with van der Waals surface area (Å²) < 4.78 is 64.8. The van der Waals surface area contributed by atoms with E-state index >= 15 is 0 Å². The largest absolute Gasteiger partial charge is 0.491 e. The number of hydrogen-bond acceptors (Lipinski definition) is 5. The Morgan fingerprint density at radius 1 is 1.17 bits per heavy atom. The predicted molar refractivity (Wildman–Crippen MR) is 120 cm³/mol. The van der Waals surface area contributed by atoms with Crippen molar-refractivity contribution >= 4 is 23.0 Å². The van der Waals surface area contributed by atoms with Crippen LogP contribution in [0.3, 0.4) is 0 Å². The van der Waals surface area contributed by atoms with Crippen molar-refractivity contribution in [1.82, 2.24) is 0 Å². The maximum atomic E-state index is 14.8. The van der Waals surface area contributed by atoms with Gasteiger partial charge in [0.1, 0.15) is 18.2 Å². The Balaban J connectivity index is 1.74. The standard InChI is InChI=1S/C25H23F4NO5/c1-34-14-17-10-19(32)5-6-20(17)15-2-3-16(22(26)11-15)12-24(33)30-18-4-7-23(35-9-8-31)21(13-18)25(27,28)29/h2-4,6-7,10-11,13,31H,5,8-9,12,14H2,1H3,(H,30,33). The summed E-state index contributed by atoms with van der Waals surface area (Å²) in [5, 5.41) is 11.1. The monoisotopic (exact) mass is 493 g/mol. The van der Waals surface area contributed by atoms with Crippen LogP contribution in [-0.4, -0.2) is 43.7 Å². The first-order valence-corrected chi connectivity index (χ1v) is 10.6. The molecule has 1 aliphatic carbocycles. The van der Waals surface area contributed by atoms with Gasteiger partial charge < -0.3 is 19.9 Å². The Bertz CT molecular complexity index is 1170. The lowest BCUT2D eigenvalue weighted by atomic mass is 9.91. The molecule has 35 heavy (non-hydrogen) atoms. The Hall–Kier alpha value is -3.50. The van der Waals surface area contributed by atoms with Crippen molar-refractivity contribution in [2.24, 2.45) is 0 Å². The van der Waals surface area contributed by atoms with Gasteiger partial charge in [-0.05, 0) is 52.6 Å². The van der Waals surface area contributed by atoms with Gasteiger partial charge in [-0.3, -0.25) is 9.59 Å². The van der Waals surface area contributed by atoms with Gasteiger partial charge >= 0.3 is 6.18 Å². The van der Waals surface area contributed by atoms with Crippen LogP contribution in [0, 0.1) is 5.82 Å². The summed E-state index contributed by atoms with van der Waals surface area (Å²) in [5.74, 6) is -1.95. The first-order chi connectivity index (χ1) is 16.6. The summed E-state index contributed by atoms with van der Waals surface area (Å²) in [5.41, 5.74) is 0.580. The van der Waals surface area contributed by atoms with Crippen LogP contribution in [0.25, 0.3) is 5.57 Å². The van der Waals surface area contributed by atoms with E-state index in [1.807, 2.05) is 0 Å². The van der Waals surface area contributed by atoms with Gasteiger partial charge in [0.05, 0.1) is 25.2 Å². The van der Waals surface area contributed by atoms with Crippen LogP contribution in [-0.2, 0) is 26.9 Å². The Labute approximate surface area is 198 Å². The number of aliphatic hydroxyl groups is 1. The maximum absolute atomic E-state index is 14.8. The van der Waals surface area contributed by atoms with Gasteiger partial charge in [-0.2, -0.15) is 13.2 Å². The summed E-state index contributed by atoms with van der Waals surface area (Å²) in [6, 6.07) is 7.23. The molecule has 10 heteroatoms. The molecule has 0 aliphatic heterocycles. The molecule has 2 N–H and O–H groups in total. The number of alkyl halides is 3. The average molecular weight is 493 g/mol. The summed E-state index contributed by atoms with van der Waals surface area (Å²) in [7, 11) is 1.48. The number of hydrogen-bond donors (Lipinski definition) is 2. The molecule has 0 fully saturated rings. The van der Waals surface area contributed by atoms with Gasteiger partial charge in [-0.15, -0.1) is 0 Å². The number of methoxy groups -OCH3 is 1. The van der Waals surface area contributed by atoms with Crippen LogP contribution >= 0.6 is 0 Å². The van der Waals surface area contributed by atoms with Crippen molar-refractivity contribution in [1.29, 1.82) is 0 Å². The summed E-state index contributed by atoms with van der Waals surface area (Å²) in [6.45, 7) is -0.605. The van der Waals surface area contributed by atoms with Crippen molar-refractivity contribution in [3.05, 3.63) is 76.6 Å². The van der Waals surface area contributed by atoms with E-state index in [0.717, 1.165) is 6.07 Å². The average Bonchev–Trinajstić information content (AvgIpc) is 2.79. The third-order valence-electron chi connectivity index (χ3n) is 5.12. The zero-order valence-corrected chi connectivity index (χ0v) is 18.7. The number of halogens is 4. The number of allylic oxidation sites excluding steroid dienone is 2. The second-order valence-electron chi connectivity index (χ2n) is 7.70. The molecule has 3 rings (SSSR count). The van der Waals surface area contributed by atoms with Gasteiger partial charge in [0.2, 0.25) is 5.91 Å². The number of carbonyl (C=O) groups excluding carboxylic acids is 2. The van der Waals surface area contributed by atoms with E-state index in [2.05, 4.69) is 5.32 Å².